The van der Waals surface area contributed by atoms with Gasteiger partial charge in [0.2, 0.25) is 0 Å². The first-order valence-electron chi connectivity index (χ1n) is 5.30. The van der Waals surface area contributed by atoms with Crippen molar-refractivity contribution >= 4 is 42.8 Å². The molecule has 17 heavy (non-hydrogen) atoms. The predicted molar refractivity (Wildman–Crippen MR) is 75.5 cm³/mol. The smallest absolute Gasteiger partial charge is 0.134 e. The lowest BCUT2D eigenvalue weighted by Crippen LogP contribution is -1.97. The quantitative estimate of drug-likeness (QED) is 0.660. The fourth-order valence-corrected chi connectivity index (χ4v) is 3.30. The maximum absolute atomic E-state index is 5.80. The lowest BCUT2D eigenvalue weighted by atomic mass is 10.1. The molecule has 0 saturated carbocycles. The molecule has 0 saturated heterocycles. The lowest BCUT2D eigenvalue weighted by Gasteiger charge is -2.11. The Bertz CT molecular complexity index is 622. The van der Waals surface area contributed by atoms with Crippen LogP contribution in [0.2, 0.25) is 0 Å². The van der Waals surface area contributed by atoms with E-state index in [1.54, 1.807) is 0 Å². The van der Waals surface area contributed by atoms with Crippen LogP contribution in [0.4, 0.5) is 0 Å². The molecule has 1 aliphatic heterocycles. The van der Waals surface area contributed by atoms with Crippen LogP contribution in [0.25, 0.3) is 10.9 Å². The van der Waals surface area contributed by atoms with Gasteiger partial charge in [0.25, 0.3) is 0 Å². The van der Waals surface area contributed by atoms with E-state index in [0.717, 1.165) is 37.6 Å². The van der Waals surface area contributed by atoms with Gasteiger partial charge in [-0.15, -0.1) is 0 Å². The van der Waals surface area contributed by atoms with Crippen molar-refractivity contribution in [3.63, 3.8) is 0 Å². The molecule has 86 valence electrons. The number of nitrogens with zero attached hydrogens (tertiary/aromatic N) is 1. The minimum Gasteiger partial charge on any atom is -0.488 e. The number of hydrogen-bond acceptors (Lipinski definition) is 2. The van der Waals surface area contributed by atoms with E-state index in [-0.39, 0.29) is 0 Å². The number of pyridine rings is 1. The number of rotatable bonds is 0. The summed E-state index contributed by atoms with van der Waals surface area (Å²) >= 11 is 7.03. The van der Waals surface area contributed by atoms with Gasteiger partial charge in [-0.05, 0) is 34.5 Å². The van der Waals surface area contributed by atoms with Gasteiger partial charge in [0, 0.05) is 26.1 Å². The van der Waals surface area contributed by atoms with Crippen LogP contribution in [0.3, 0.4) is 0 Å². The van der Waals surface area contributed by atoms with Crippen LogP contribution in [-0.4, -0.2) is 11.6 Å². The number of hydrogen-bond donors (Lipinski definition) is 0. The van der Waals surface area contributed by atoms with Crippen molar-refractivity contribution in [1.29, 1.82) is 0 Å². The van der Waals surface area contributed by atoms with Crippen molar-refractivity contribution in [2.24, 2.45) is 0 Å². The minimum atomic E-state index is 0.621. The number of ether oxygens (including phenoxy) is 1. The fraction of sp³-hybridized carbons (Fsp3) is 0.154. The molecule has 2 heterocycles. The summed E-state index contributed by atoms with van der Waals surface area (Å²) in [5, 5.41) is 1.05. The van der Waals surface area contributed by atoms with Crippen molar-refractivity contribution in [2.75, 3.05) is 6.61 Å². The monoisotopic (exact) mass is 353 g/mol. The summed E-state index contributed by atoms with van der Waals surface area (Å²) in [6.45, 7) is 0.621. The van der Waals surface area contributed by atoms with E-state index in [0.29, 0.717) is 6.61 Å². The average molecular weight is 355 g/mol. The molecule has 3 rings (SSSR count). The third kappa shape index (κ3) is 2.00. The first-order chi connectivity index (χ1) is 8.25. The van der Waals surface area contributed by atoms with Crippen molar-refractivity contribution in [3.05, 3.63) is 45.0 Å². The van der Waals surface area contributed by atoms with E-state index in [2.05, 4.69) is 49.0 Å². The Balaban J connectivity index is 2.34. The van der Waals surface area contributed by atoms with Gasteiger partial charge in [-0.2, -0.15) is 0 Å². The number of allylic oxidation sites excluding steroid dienone is 1. The Morgan fingerprint density at radius 1 is 1.18 bits per heavy atom. The van der Waals surface area contributed by atoms with E-state index < -0.39 is 0 Å². The van der Waals surface area contributed by atoms with Gasteiger partial charge in [-0.25, -0.2) is 0 Å². The topological polar surface area (TPSA) is 22.1 Å². The molecule has 0 atom stereocenters. The zero-order valence-corrected chi connectivity index (χ0v) is 12.1. The summed E-state index contributed by atoms with van der Waals surface area (Å²) in [7, 11) is 0. The molecule has 1 aliphatic rings. The van der Waals surface area contributed by atoms with Crippen LogP contribution in [0.5, 0.6) is 5.75 Å². The van der Waals surface area contributed by atoms with Crippen molar-refractivity contribution in [3.8, 4) is 5.75 Å². The molecular formula is C13H9Br2NO. The van der Waals surface area contributed by atoms with E-state index in [1.165, 1.54) is 0 Å². The van der Waals surface area contributed by atoms with Gasteiger partial charge in [0.1, 0.15) is 12.4 Å². The maximum atomic E-state index is 5.80. The summed E-state index contributed by atoms with van der Waals surface area (Å²) in [6.07, 6.45) is 6.93. The molecule has 0 radical (unpaired) electrons. The molecule has 0 amide bonds. The van der Waals surface area contributed by atoms with Gasteiger partial charge in [-0.1, -0.05) is 28.1 Å². The van der Waals surface area contributed by atoms with Crippen LogP contribution in [0, 0.1) is 0 Å². The second-order valence-corrected chi connectivity index (χ2v) is 5.65. The van der Waals surface area contributed by atoms with Crippen LogP contribution < -0.4 is 4.74 Å². The first kappa shape index (κ1) is 11.2. The van der Waals surface area contributed by atoms with E-state index >= 15 is 0 Å². The highest BCUT2D eigenvalue weighted by molar-refractivity contribution is 9.11. The van der Waals surface area contributed by atoms with Crippen molar-refractivity contribution in [2.45, 2.75) is 6.42 Å². The normalized spacial score (nSPS) is 14.2. The Morgan fingerprint density at radius 2 is 2.06 bits per heavy atom. The highest BCUT2D eigenvalue weighted by Gasteiger charge is 2.13. The molecule has 1 aromatic heterocycles. The molecule has 0 fully saturated rings. The Labute approximate surface area is 116 Å². The molecule has 1 aromatic carbocycles. The van der Waals surface area contributed by atoms with Crippen LogP contribution >= 0.6 is 31.9 Å². The first-order valence-corrected chi connectivity index (χ1v) is 6.89. The van der Waals surface area contributed by atoms with Crippen LogP contribution in [0.1, 0.15) is 5.56 Å². The molecular weight excluding hydrogens is 346 g/mol. The number of benzene rings is 1. The largest absolute Gasteiger partial charge is 0.488 e. The van der Waals surface area contributed by atoms with E-state index in [4.69, 9.17) is 4.74 Å². The molecule has 4 heteroatoms. The number of halogens is 2. The molecule has 0 aliphatic carbocycles. The van der Waals surface area contributed by atoms with Crippen molar-refractivity contribution in [1.82, 2.24) is 4.98 Å². The van der Waals surface area contributed by atoms with Gasteiger partial charge in [0.05, 0.1) is 5.52 Å². The summed E-state index contributed by atoms with van der Waals surface area (Å²) in [5.41, 5.74) is 2.07. The highest BCUT2D eigenvalue weighted by atomic mass is 79.9. The van der Waals surface area contributed by atoms with Gasteiger partial charge in [0.15, 0.2) is 0 Å². The summed E-state index contributed by atoms with van der Waals surface area (Å²) < 4.78 is 7.80. The predicted octanol–water partition coefficient (Wildman–Crippen LogP) is 4.25. The third-order valence-electron chi connectivity index (χ3n) is 2.74. The van der Waals surface area contributed by atoms with Crippen LogP contribution in [0.15, 0.2) is 39.4 Å². The van der Waals surface area contributed by atoms with E-state index in [9.17, 15) is 0 Å². The van der Waals surface area contributed by atoms with Crippen molar-refractivity contribution < 1.29 is 4.74 Å². The Hall–Kier alpha value is -0.870. The SMILES string of the molecule is Brc1cc(Br)c2ncc3c(c2c1)OCC=CC3. The maximum Gasteiger partial charge on any atom is 0.134 e. The highest BCUT2D eigenvalue weighted by Crippen LogP contribution is 2.35. The number of fused-ring (bicyclic) bond motifs is 3. The summed E-state index contributed by atoms with van der Waals surface area (Å²) in [5.74, 6) is 0.946. The Morgan fingerprint density at radius 3 is 2.94 bits per heavy atom. The van der Waals surface area contributed by atoms with Crippen LogP contribution in [-0.2, 0) is 6.42 Å². The zero-order chi connectivity index (χ0) is 11.8. The van der Waals surface area contributed by atoms with Gasteiger partial charge < -0.3 is 4.74 Å². The molecule has 2 aromatic rings. The zero-order valence-electron chi connectivity index (χ0n) is 8.91. The van der Waals surface area contributed by atoms with Gasteiger partial charge in [-0.3, -0.25) is 4.98 Å². The summed E-state index contributed by atoms with van der Waals surface area (Å²) in [6, 6.07) is 4.05. The molecule has 2 nitrogen and oxygen atoms in total. The molecule has 0 N–H and O–H groups in total. The fourth-order valence-electron chi connectivity index (χ4n) is 1.97. The Kier molecular flexibility index (Phi) is 2.92. The second kappa shape index (κ2) is 4.42. The standard InChI is InChI=1S/C13H9Br2NO/c14-9-5-10-12(11(15)6-9)16-7-8-3-1-2-4-17-13(8)10/h1-2,5-7H,3-4H2. The molecule has 0 bridgehead atoms. The molecule has 0 unspecified atom stereocenters. The number of aromatic nitrogens is 1. The third-order valence-corrected chi connectivity index (χ3v) is 3.80. The van der Waals surface area contributed by atoms with Gasteiger partial charge >= 0.3 is 0 Å². The van der Waals surface area contributed by atoms with E-state index in [1.807, 2.05) is 18.3 Å². The average Bonchev–Trinajstić information content (AvgIpc) is 2.53. The minimum absolute atomic E-state index is 0.621. The lowest BCUT2D eigenvalue weighted by molar-refractivity contribution is 0.367. The molecule has 0 spiro atoms. The summed E-state index contributed by atoms with van der Waals surface area (Å²) in [4.78, 5) is 4.50. The second-order valence-electron chi connectivity index (χ2n) is 3.88.